The first-order valence-corrected chi connectivity index (χ1v) is 5.80. The minimum Gasteiger partial charge on any atom is -0.311 e. The molecule has 4 heteroatoms. The van der Waals surface area contributed by atoms with Crippen LogP contribution >= 0.6 is 0 Å². The van der Waals surface area contributed by atoms with E-state index in [1.807, 2.05) is 0 Å². The van der Waals surface area contributed by atoms with Gasteiger partial charge in [0, 0.05) is 5.54 Å². The fourth-order valence-corrected chi connectivity index (χ4v) is 2.37. The summed E-state index contributed by atoms with van der Waals surface area (Å²) in [5.74, 6) is 0. The first-order valence-electron chi connectivity index (χ1n) is 5.80. The minimum absolute atomic E-state index is 0.0414. The van der Waals surface area contributed by atoms with Gasteiger partial charge in [-0.05, 0) is 50.4 Å². The van der Waals surface area contributed by atoms with Gasteiger partial charge in [0.2, 0.25) is 0 Å². The lowest BCUT2D eigenvalue weighted by Gasteiger charge is -2.24. The van der Waals surface area contributed by atoms with Crippen LogP contribution in [0.3, 0.4) is 0 Å². The van der Waals surface area contributed by atoms with Crippen LogP contribution in [0.4, 0.5) is 13.2 Å². The predicted octanol–water partition coefficient (Wildman–Crippen LogP) is 3.39. The number of hydrogen-bond donors (Lipinski definition) is 1. The molecule has 1 aromatic carbocycles. The van der Waals surface area contributed by atoms with Crippen molar-refractivity contribution in [2.45, 2.75) is 37.9 Å². The van der Waals surface area contributed by atoms with E-state index in [4.69, 9.17) is 0 Å². The second-order valence-electron chi connectivity index (χ2n) is 4.96. The molecule has 0 aliphatic carbocycles. The fourth-order valence-electron chi connectivity index (χ4n) is 2.37. The molecule has 0 radical (unpaired) electrons. The van der Waals surface area contributed by atoms with E-state index in [1.165, 1.54) is 0 Å². The quantitative estimate of drug-likeness (QED) is 0.839. The summed E-state index contributed by atoms with van der Waals surface area (Å²) in [5, 5.41) is 3.40. The Labute approximate surface area is 99.0 Å². The molecule has 1 fully saturated rings. The van der Waals surface area contributed by atoms with Gasteiger partial charge in [0.25, 0.3) is 0 Å². The maximum absolute atomic E-state index is 12.4. The van der Waals surface area contributed by atoms with Gasteiger partial charge in [0.15, 0.2) is 0 Å². The van der Waals surface area contributed by atoms with Crippen molar-refractivity contribution in [3.63, 3.8) is 0 Å². The maximum atomic E-state index is 12.4. The van der Waals surface area contributed by atoms with Crippen molar-refractivity contribution in [2.24, 2.45) is 0 Å². The van der Waals surface area contributed by atoms with Gasteiger partial charge in [-0.2, -0.15) is 13.2 Å². The van der Waals surface area contributed by atoms with E-state index in [1.54, 1.807) is 12.1 Å². The Balaban J connectivity index is 2.08. The highest BCUT2D eigenvalue weighted by molar-refractivity contribution is 5.26. The van der Waals surface area contributed by atoms with Crippen molar-refractivity contribution in [3.8, 4) is 0 Å². The van der Waals surface area contributed by atoms with Gasteiger partial charge in [-0.1, -0.05) is 12.1 Å². The Morgan fingerprint density at radius 1 is 1.24 bits per heavy atom. The van der Waals surface area contributed by atoms with Crippen molar-refractivity contribution < 1.29 is 13.2 Å². The molecule has 17 heavy (non-hydrogen) atoms. The number of benzene rings is 1. The second-order valence-corrected chi connectivity index (χ2v) is 4.96. The number of nitrogens with one attached hydrogen (secondary N) is 1. The third-order valence-electron chi connectivity index (χ3n) is 3.33. The molecular weight excluding hydrogens is 227 g/mol. The Hall–Kier alpha value is -1.03. The average Bonchev–Trinajstić information content (AvgIpc) is 2.64. The lowest BCUT2D eigenvalue weighted by Crippen LogP contribution is -2.38. The zero-order valence-electron chi connectivity index (χ0n) is 9.77. The minimum atomic E-state index is -4.24. The third kappa shape index (κ3) is 3.00. The standard InChI is InChI=1S/C13H16F3N/c1-12(7-2-8-17-12)9-10-3-5-11(6-4-10)13(14,15)16/h3-6,17H,2,7-9H2,1H3/t12-/m0/s1. The molecule has 1 N–H and O–H groups in total. The molecule has 0 unspecified atom stereocenters. The number of halogens is 3. The Kier molecular flexibility index (Phi) is 3.17. The molecule has 0 aromatic heterocycles. The zero-order chi connectivity index (χ0) is 12.5. The maximum Gasteiger partial charge on any atom is 0.416 e. The van der Waals surface area contributed by atoms with E-state index in [2.05, 4.69) is 12.2 Å². The molecular formula is C13H16F3N. The van der Waals surface area contributed by atoms with Crippen LogP contribution in [0.15, 0.2) is 24.3 Å². The van der Waals surface area contributed by atoms with E-state index in [9.17, 15) is 13.2 Å². The lowest BCUT2D eigenvalue weighted by atomic mass is 9.91. The number of hydrogen-bond acceptors (Lipinski definition) is 1. The van der Waals surface area contributed by atoms with Crippen LogP contribution in [-0.2, 0) is 12.6 Å². The van der Waals surface area contributed by atoms with Gasteiger partial charge in [-0.25, -0.2) is 0 Å². The van der Waals surface area contributed by atoms with Gasteiger partial charge in [-0.3, -0.25) is 0 Å². The molecule has 0 saturated carbocycles. The molecule has 1 heterocycles. The fraction of sp³-hybridized carbons (Fsp3) is 0.538. The van der Waals surface area contributed by atoms with Crippen LogP contribution in [0.25, 0.3) is 0 Å². The average molecular weight is 243 g/mol. The molecule has 2 rings (SSSR count). The van der Waals surface area contributed by atoms with Crippen LogP contribution < -0.4 is 5.32 Å². The Morgan fingerprint density at radius 2 is 1.88 bits per heavy atom. The van der Waals surface area contributed by atoms with Crippen LogP contribution in [0.2, 0.25) is 0 Å². The summed E-state index contributed by atoms with van der Waals surface area (Å²) in [5.41, 5.74) is 0.417. The molecule has 1 atom stereocenters. The highest BCUT2D eigenvalue weighted by Crippen LogP contribution is 2.30. The first-order chi connectivity index (χ1) is 7.89. The first kappa shape index (κ1) is 12.4. The van der Waals surface area contributed by atoms with Crippen LogP contribution in [0.1, 0.15) is 30.9 Å². The molecule has 0 spiro atoms. The Bertz CT molecular complexity index is 375. The van der Waals surface area contributed by atoms with Crippen LogP contribution in [0.5, 0.6) is 0 Å². The molecule has 94 valence electrons. The largest absolute Gasteiger partial charge is 0.416 e. The molecule has 0 amide bonds. The lowest BCUT2D eigenvalue weighted by molar-refractivity contribution is -0.137. The normalized spacial score (nSPS) is 25.2. The van der Waals surface area contributed by atoms with E-state index >= 15 is 0 Å². The van der Waals surface area contributed by atoms with Crippen molar-refractivity contribution in [2.75, 3.05) is 6.54 Å². The highest BCUT2D eigenvalue weighted by atomic mass is 19.4. The summed E-state index contributed by atoms with van der Waals surface area (Å²) in [4.78, 5) is 0. The summed E-state index contributed by atoms with van der Waals surface area (Å²) in [6, 6.07) is 5.48. The molecule has 1 saturated heterocycles. The predicted molar refractivity (Wildman–Crippen MR) is 60.8 cm³/mol. The van der Waals surface area contributed by atoms with Gasteiger partial charge in [0.1, 0.15) is 0 Å². The highest BCUT2D eigenvalue weighted by Gasteiger charge is 2.31. The van der Waals surface area contributed by atoms with Gasteiger partial charge in [-0.15, -0.1) is 0 Å². The van der Waals surface area contributed by atoms with Gasteiger partial charge in [0.05, 0.1) is 5.56 Å². The molecule has 1 aliphatic heterocycles. The van der Waals surface area contributed by atoms with Crippen molar-refractivity contribution >= 4 is 0 Å². The summed E-state index contributed by atoms with van der Waals surface area (Å²) in [6.45, 7) is 3.12. The topological polar surface area (TPSA) is 12.0 Å². The third-order valence-corrected chi connectivity index (χ3v) is 3.33. The van der Waals surface area contributed by atoms with Crippen LogP contribution in [-0.4, -0.2) is 12.1 Å². The SMILES string of the molecule is C[C@@]1(Cc2ccc(C(F)(F)F)cc2)CCCN1. The molecule has 1 nitrogen and oxygen atoms in total. The number of alkyl halides is 3. The zero-order valence-corrected chi connectivity index (χ0v) is 9.77. The van der Waals surface area contributed by atoms with Crippen LogP contribution in [0, 0.1) is 0 Å². The monoisotopic (exact) mass is 243 g/mol. The van der Waals surface area contributed by atoms with Gasteiger partial charge >= 0.3 is 6.18 Å². The molecule has 0 bridgehead atoms. The number of rotatable bonds is 2. The van der Waals surface area contributed by atoms with E-state index in [0.29, 0.717) is 0 Å². The van der Waals surface area contributed by atoms with Crippen molar-refractivity contribution in [1.29, 1.82) is 0 Å². The molecule has 1 aromatic rings. The summed E-state index contributed by atoms with van der Waals surface area (Å²) in [7, 11) is 0. The summed E-state index contributed by atoms with van der Waals surface area (Å²) < 4.78 is 37.2. The van der Waals surface area contributed by atoms with E-state index in [-0.39, 0.29) is 5.54 Å². The molecule has 1 aliphatic rings. The smallest absolute Gasteiger partial charge is 0.311 e. The van der Waals surface area contributed by atoms with E-state index < -0.39 is 11.7 Å². The summed E-state index contributed by atoms with van der Waals surface area (Å²) >= 11 is 0. The van der Waals surface area contributed by atoms with E-state index in [0.717, 1.165) is 43.5 Å². The second kappa shape index (κ2) is 4.33. The van der Waals surface area contributed by atoms with Crippen molar-refractivity contribution in [3.05, 3.63) is 35.4 Å². The van der Waals surface area contributed by atoms with Crippen molar-refractivity contribution in [1.82, 2.24) is 5.32 Å². The Morgan fingerprint density at radius 3 is 2.35 bits per heavy atom. The summed E-state index contributed by atoms with van der Waals surface area (Å²) in [6.07, 6.45) is -1.25. The van der Waals surface area contributed by atoms with Gasteiger partial charge < -0.3 is 5.32 Å².